The van der Waals surface area contributed by atoms with Gasteiger partial charge in [0.1, 0.15) is 0 Å². The van der Waals surface area contributed by atoms with E-state index in [-0.39, 0.29) is 24.2 Å². The minimum absolute atomic E-state index is 0.0461. The monoisotopic (exact) mass is 310 g/mol. The number of aliphatic hydroxyl groups is 1. The molecule has 0 amide bonds. The maximum absolute atomic E-state index is 9.03. The van der Waals surface area contributed by atoms with Crippen LogP contribution in [0.3, 0.4) is 0 Å². The molecule has 0 saturated carbocycles. The van der Waals surface area contributed by atoms with Gasteiger partial charge in [0.2, 0.25) is 0 Å². The van der Waals surface area contributed by atoms with E-state index in [2.05, 4.69) is 35.0 Å². The number of ether oxygens (including phenoxy) is 1. The SMILES string of the molecule is CC[C@@H]1O[C@@H](CCO)[C@@H](Cl)C/C=C\C[C@@H]1Br. The summed E-state index contributed by atoms with van der Waals surface area (Å²) >= 11 is 9.93. The third-order valence-electron chi connectivity index (χ3n) is 2.86. The Morgan fingerprint density at radius 1 is 1.38 bits per heavy atom. The maximum Gasteiger partial charge on any atom is 0.0767 e. The number of halogens is 2. The Bertz CT molecular complexity index is 223. The molecule has 1 aliphatic heterocycles. The van der Waals surface area contributed by atoms with Gasteiger partial charge in [0, 0.05) is 11.4 Å². The number of rotatable bonds is 3. The fraction of sp³-hybridized carbons (Fsp3) is 0.833. The highest BCUT2D eigenvalue weighted by Gasteiger charge is 2.26. The minimum Gasteiger partial charge on any atom is -0.396 e. The highest BCUT2D eigenvalue weighted by molar-refractivity contribution is 9.09. The van der Waals surface area contributed by atoms with Crippen molar-refractivity contribution in [3.63, 3.8) is 0 Å². The lowest BCUT2D eigenvalue weighted by Crippen LogP contribution is -2.34. The first-order valence-corrected chi connectivity index (χ1v) is 7.23. The molecule has 4 heteroatoms. The Hall–Kier alpha value is 0.430. The second-order valence-electron chi connectivity index (χ2n) is 4.11. The van der Waals surface area contributed by atoms with Gasteiger partial charge in [-0.05, 0) is 25.7 Å². The number of hydrogen-bond donors (Lipinski definition) is 1. The summed E-state index contributed by atoms with van der Waals surface area (Å²) in [6.07, 6.45) is 7.71. The van der Waals surface area contributed by atoms with E-state index >= 15 is 0 Å². The zero-order valence-corrected chi connectivity index (χ0v) is 12.0. The summed E-state index contributed by atoms with van der Waals surface area (Å²) in [5, 5.41) is 8.98. The van der Waals surface area contributed by atoms with Crippen molar-refractivity contribution >= 4 is 27.5 Å². The molecule has 1 rings (SSSR count). The van der Waals surface area contributed by atoms with Crippen LogP contribution in [0.15, 0.2) is 12.2 Å². The highest BCUT2D eigenvalue weighted by atomic mass is 79.9. The molecule has 0 unspecified atom stereocenters. The Morgan fingerprint density at radius 3 is 2.69 bits per heavy atom. The fourth-order valence-corrected chi connectivity index (χ4v) is 2.88. The van der Waals surface area contributed by atoms with E-state index in [0.717, 1.165) is 19.3 Å². The van der Waals surface area contributed by atoms with Crippen molar-refractivity contribution in [3.8, 4) is 0 Å². The molecule has 0 radical (unpaired) electrons. The van der Waals surface area contributed by atoms with Crippen LogP contribution in [0.2, 0.25) is 0 Å². The first-order valence-electron chi connectivity index (χ1n) is 5.88. The van der Waals surface area contributed by atoms with Crippen LogP contribution in [0, 0.1) is 0 Å². The van der Waals surface area contributed by atoms with E-state index in [1.807, 2.05) is 0 Å². The number of alkyl halides is 2. The summed E-state index contributed by atoms with van der Waals surface area (Å²) in [5.41, 5.74) is 0. The topological polar surface area (TPSA) is 29.5 Å². The van der Waals surface area contributed by atoms with Gasteiger partial charge in [0.25, 0.3) is 0 Å². The Balaban J connectivity index is 2.69. The molecule has 4 atom stereocenters. The van der Waals surface area contributed by atoms with Gasteiger partial charge in [-0.25, -0.2) is 0 Å². The quantitative estimate of drug-likeness (QED) is 0.640. The molecule has 1 N–H and O–H groups in total. The third kappa shape index (κ3) is 4.36. The second kappa shape index (κ2) is 7.70. The molecule has 1 aliphatic rings. The molecule has 1 heterocycles. The zero-order chi connectivity index (χ0) is 12.0. The summed E-state index contributed by atoms with van der Waals surface area (Å²) in [6.45, 7) is 2.24. The van der Waals surface area contributed by atoms with Crippen molar-refractivity contribution in [2.45, 2.75) is 55.0 Å². The molecule has 0 saturated heterocycles. The molecule has 2 nitrogen and oxygen atoms in total. The van der Waals surface area contributed by atoms with E-state index < -0.39 is 0 Å². The fourth-order valence-electron chi connectivity index (χ4n) is 1.88. The van der Waals surface area contributed by atoms with Crippen LogP contribution in [-0.2, 0) is 4.74 Å². The van der Waals surface area contributed by atoms with Gasteiger partial charge in [0.15, 0.2) is 0 Å². The predicted octanol–water partition coefficient (Wildman–Crippen LogP) is 3.25. The van der Waals surface area contributed by atoms with Gasteiger partial charge in [-0.2, -0.15) is 0 Å². The molecule has 0 aromatic rings. The lowest BCUT2D eigenvalue weighted by molar-refractivity contribution is -0.0247. The number of hydrogen-bond acceptors (Lipinski definition) is 2. The molecule has 0 fully saturated rings. The maximum atomic E-state index is 9.03. The average molecular weight is 312 g/mol. The molecule has 0 spiro atoms. The highest BCUT2D eigenvalue weighted by Crippen LogP contribution is 2.25. The minimum atomic E-state index is -0.0561. The van der Waals surface area contributed by atoms with Gasteiger partial charge in [-0.15, -0.1) is 11.6 Å². The smallest absolute Gasteiger partial charge is 0.0767 e. The van der Waals surface area contributed by atoms with E-state index in [1.54, 1.807) is 0 Å². The molecular formula is C12H20BrClO2. The van der Waals surface area contributed by atoms with E-state index in [0.29, 0.717) is 11.2 Å². The van der Waals surface area contributed by atoms with Gasteiger partial charge in [-0.3, -0.25) is 0 Å². The van der Waals surface area contributed by atoms with Crippen LogP contribution in [-0.4, -0.2) is 34.1 Å². The molecule has 0 aromatic carbocycles. The third-order valence-corrected chi connectivity index (χ3v) is 4.28. The number of aliphatic hydroxyl groups excluding tert-OH is 1. The molecular weight excluding hydrogens is 291 g/mol. The summed E-state index contributed by atoms with van der Waals surface area (Å²) < 4.78 is 6.01. The predicted molar refractivity (Wildman–Crippen MR) is 71.4 cm³/mol. The van der Waals surface area contributed by atoms with Gasteiger partial charge < -0.3 is 9.84 Å². The van der Waals surface area contributed by atoms with Crippen LogP contribution in [0.5, 0.6) is 0 Å². The van der Waals surface area contributed by atoms with Crippen molar-refractivity contribution in [1.29, 1.82) is 0 Å². The first-order chi connectivity index (χ1) is 7.69. The normalized spacial score (nSPS) is 38.5. The van der Waals surface area contributed by atoms with Crippen molar-refractivity contribution in [1.82, 2.24) is 0 Å². The second-order valence-corrected chi connectivity index (χ2v) is 5.85. The molecule has 94 valence electrons. The summed E-state index contributed by atoms with van der Waals surface area (Å²) in [5.74, 6) is 0. The van der Waals surface area contributed by atoms with Crippen molar-refractivity contribution in [2.24, 2.45) is 0 Å². The van der Waals surface area contributed by atoms with Crippen LogP contribution >= 0.6 is 27.5 Å². The Labute approximate surface area is 111 Å². The van der Waals surface area contributed by atoms with Crippen molar-refractivity contribution in [2.75, 3.05) is 6.61 Å². The molecule has 0 aromatic heterocycles. The van der Waals surface area contributed by atoms with Gasteiger partial charge >= 0.3 is 0 Å². The van der Waals surface area contributed by atoms with E-state index in [4.69, 9.17) is 21.4 Å². The largest absolute Gasteiger partial charge is 0.396 e. The molecule has 0 bridgehead atoms. The van der Waals surface area contributed by atoms with Crippen LogP contribution in [0.4, 0.5) is 0 Å². The lowest BCUT2D eigenvalue weighted by atomic mass is 10.1. The van der Waals surface area contributed by atoms with E-state index in [9.17, 15) is 0 Å². The Morgan fingerprint density at radius 2 is 2.06 bits per heavy atom. The number of allylic oxidation sites excluding steroid dienone is 2. The summed E-state index contributed by atoms with van der Waals surface area (Å²) in [7, 11) is 0. The average Bonchev–Trinajstić information content (AvgIpc) is 2.34. The molecule has 16 heavy (non-hydrogen) atoms. The summed E-state index contributed by atoms with van der Waals surface area (Å²) in [6, 6.07) is 0. The van der Waals surface area contributed by atoms with Crippen molar-refractivity contribution < 1.29 is 9.84 Å². The van der Waals surface area contributed by atoms with Crippen LogP contribution in [0.25, 0.3) is 0 Å². The van der Waals surface area contributed by atoms with Gasteiger partial charge in [0.05, 0.1) is 17.6 Å². The lowest BCUT2D eigenvalue weighted by Gasteiger charge is -2.28. The van der Waals surface area contributed by atoms with Crippen LogP contribution < -0.4 is 0 Å². The van der Waals surface area contributed by atoms with Crippen LogP contribution in [0.1, 0.15) is 32.6 Å². The molecule has 0 aliphatic carbocycles. The Kier molecular flexibility index (Phi) is 6.97. The summed E-state index contributed by atoms with van der Waals surface area (Å²) in [4.78, 5) is 0.330. The van der Waals surface area contributed by atoms with Gasteiger partial charge in [-0.1, -0.05) is 35.0 Å². The first kappa shape index (κ1) is 14.5. The standard InChI is InChI=1S/C12H20BrClO2/c1-2-11-9(13)5-3-4-6-10(14)12(16-11)7-8-15/h3-4,9-12,15H,2,5-8H2,1H3/b4-3-/t9-,10-,11-,12-/m0/s1. The van der Waals surface area contributed by atoms with Crippen molar-refractivity contribution in [3.05, 3.63) is 12.2 Å². The van der Waals surface area contributed by atoms with E-state index in [1.165, 1.54) is 0 Å². The zero-order valence-electron chi connectivity index (χ0n) is 9.61.